The molecular weight excluding hydrogens is 421 g/mol. The molecule has 1 aromatic carbocycles. The van der Waals surface area contributed by atoms with Crippen molar-refractivity contribution >= 4 is 16.0 Å². The van der Waals surface area contributed by atoms with Crippen LogP contribution in [0.15, 0.2) is 29.2 Å². The van der Waals surface area contributed by atoms with E-state index in [0.29, 0.717) is 6.07 Å². The number of halogens is 3. The lowest BCUT2D eigenvalue weighted by Gasteiger charge is -2.56. The molecule has 3 aliphatic rings. The Hall–Kier alpha value is -1.65. The Morgan fingerprint density at radius 3 is 2.53 bits per heavy atom. The Morgan fingerprint density at radius 1 is 1.17 bits per heavy atom. The van der Waals surface area contributed by atoms with Gasteiger partial charge in [0.05, 0.1) is 16.9 Å². The summed E-state index contributed by atoms with van der Waals surface area (Å²) in [5.41, 5.74) is -1.03. The van der Waals surface area contributed by atoms with Crippen LogP contribution in [-0.2, 0) is 21.0 Å². The van der Waals surface area contributed by atoms with Crippen molar-refractivity contribution in [2.75, 3.05) is 19.6 Å². The van der Waals surface area contributed by atoms with Gasteiger partial charge in [-0.15, -0.1) is 0 Å². The van der Waals surface area contributed by atoms with Crippen molar-refractivity contribution in [2.24, 2.45) is 11.8 Å². The van der Waals surface area contributed by atoms with Crippen LogP contribution in [0.3, 0.4) is 0 Å². The molecule has 1 N–H and O–H groups in total. The highest BCUT2D eigenvalue weighted by atomic mass is 32.2. The lowest BCUT2D eigenvalue weighted by atomic mass is 9.70. The number of hydrogen-bond acceptors (Lipinski definition) is 4. The van der Waals surface area contributed by atoms with E-state index in [1.165, 1.54) is 4.31 Å². The molecule has 3 aliphatic heterocycles. The minimum absolute atomic E-state index is 0.0645. The third-order valence-electron chi connectivity index (χ3n) is 6.78. The van der Waals surface area contributed by atoms with E-state index < -0.39 is 38.7 Å². The molecule has 1 aromatic rings. The Bertz CT molecular complexity index is 919. The van der Waals surface area contributed by atoms with E-state index in [1.54, 1.807) is 0 Å². The quantitative estimate of drug-likeness (QED) is 0.769. The fourth-order valence-electron chi connectivity index (χ4n) is 5.63. The summed E-state index contributed by atoms with van der Waals surface area (Å²) in [6.45, 7) is 2.00. The Balaban J connectivity index is 1.74. The average molecular weight is 446 g/mol. The summed E-state index contributed by atoms with van der Waals surface area (Å²) < 4.78 is 67.5. The molecule has 3 heterocycles. The fraction of sp³-hybridized carbons (Fsp3) is 0.650. The van der Waals surface area contributed by atoms with Gasteiger partial charge in [-0.2, -0.15) is 17.5 Å². The standard InChI is InChI=1S/C20H25F3N2O4S/c21-20(22,23)14-5-1-6-15(10-14)30(28,29)25-12-13-4-2-8-24-9-3-7-16(19(13)24)17(25)11-18(26)27/h1,5-6,10,13,16-17,19H,2-4,7-9,11-12H2,(H,26,27)/t13-,16+,17+,19-/m0/s1. The van der Waals surface area contributed by atoms with Crippen LogP contribution >= 0.6 is 0 Å². The van der Waals surface area contributed by atoms with Crippen molar-refractivity contribution in [1.82, 2.24) is 9.21 Å². The third kappa shape index (κ3) is 3.85. The summed E-state index contributed by atoms with van der Waals surface area (Å²) in [5, 5.41) is 9.48. The molecule has 30 heavy (non-hydrogen) atoms. The Morgan fingerprint density at radius 2 is 1.87 bits per heavy atom. The fourth-order valence-corrected chi connectivity index (χ4v) is 7.41. The van der Waals surface area contributed by atoms with Crippen molar-refractivity contribution in [3.63, 3.8) is 0 Å². The molecule has 10 heteroatoms. The van der Waals surface area contributed by atoms with Crippen LogP contribution in [0.25, 0.3) is 0 Å². The average Bonchev–Trinajstić information content (AvgIpc) is 2.69. The minimum Gasteiger partial charge on any atom is -0.481 e. The van der Waals surface area contributed by atoms with Crippen LogP contribution in [-0.4, -0.2) is 60.4 Å². The van der Waals surface area contributed by atoms with E-state index >= 15 is 0 Å². The van der Waals surface area contributed by atoms with Gasteiger partial charge in [0.25, 0.3) is 0 Å². The SMILES string of the molecule is O=C(O)C[C@@H]1[C@H]2CCCN3CCC[C@@H](CN1S(=O)(=O)c1cccc(C(F)(F)F)c1)[C@@H]23. The topological polar surface area (TPSA) is 77.9 Å². The molecule has 0 bridgehead atoms. The molecule has 3 saturated heterocycles. The van der Waals surface area contributed by atoms with Gasteiger partial charge in [0, 0.05) is 18.6 Å². The number of benzene rings is 1. The predicted molar refractivity (Wildman–Crippen MR) is 102 cm³/mol. The predicted octanol–water partition coefficient (Wildman–Crippen LogP) is 3.04. The molecule has 166 valence electrons. The summed E-state index contributed by atoms with van der Waals surface area (Å²) in [6.07, 6.45) is -1.64. The molecule has 0 amide bonds. The Labute approximate surface area is 173 Å². The van der Waals surface area contributed by atoms with Gasteiger partial charge < -0.3 is 5.11 Å². The molecule has 0 saturated carbocycles. The van der Waals surface area contributed by atoms with E-state index in [2.05, 4.69) is 4.90 Å². The van der Waals surface area contributed by atoms with E-state index in [4.69, 9.17) is 0 Å². The van der Waals surface area contributed by atoms with Crippen LogP contribution in [0.4, 0.5) is 13.2 Å². The number of alkyl halides is 3. The zero-order chi connectivity index (χ0) is 21.7. The summed E-state index contributed by atoms with van der Waals surface area (Å²) in [7, 11) is -4.28. The van der Waals surface area contributed by atoms with E-state index in [9.17, 15) is 31.5 Å². The van der Waals surface area contributed by atoms with Gasteiger partial charge in [-0.25, -0.2) is 8.42 Å². The molecule has 0 radical (unpaired) electrons. The maximum atomic E-state index is 13.4. The van der Waals surface area contributed by atoms with Crippen LogP contribution in [0.2, 0.25) is 0 Å². The summed E-state index contributed by atoms with van der Waals surface area (Å²) in [6, 6.07) is 3.10. The lowest BCUT2D eigenvalue weighted by Crippen LogP contribution is -2.65. The number of carboxylic acids is 1. The van der Waals surface area contributed by atoms with Crippen LogP contribution < -0.4 is 0 Å². The molecular formula is C20H25F3N2O4S. The zero-order valence-corrected chi connectivity index (χ0v) is 17.2. The smallest absolute Gasteiger partial charge is 0.416 e. The van der Waals surface area contributed by atoms with E-state index in [-0.39, 0.29) is 30.8 Å². The van der Waals surface area contributed by atoms with Crippen molar-refractivity contribution in [1.29, 1.82) is 0 Å². The van der Waals surface area contributed by atoms with Crippen molar-refractivity contribution in [3.05, 3.63) is 29.8 Å². The van der Waals surface area contributed by atoms with Crippen LogP contribution in [0.1, 0.15) is 37.7 Å². The summed E-state index contributed by atoms with van der Waals surface area (Å²) in [4.78, 5) is 13.5. The second kappa shape index (κ2) is 7.80. The largest absolute Gasteiger partial charge is 0.481 e. The number of piperidine rings is 3. The molecule has 6 nitrogen and oxygen atoms in total. The van der Waals surface area contributed by atoms with Gasteiger partial charge >= 0.3 is 12.1 Å². The summed E-state index contributed by atoms with van der Waals surface area (Å²) in [5.74, 6) is -1.17. The maximum absolute atomic E-state index is 13.4. The number of nitrogens with zero attached hydrogens (tertiary/aromatic N) is 2. The first-order valence-corrected chi connectivity index (χ1v) is 11.7. The second-order valence-electron chi connectivity index (χ2n) is 8.50. The van der Waals surface area contributed by atoms with Crippen LogP contribution in [0.5, 0.6) is 0 Å². The number of sulfonamides is 1. The Kier molecular flexibility index (Phi) is 5.61. The van der Waals surface area contributed by atoms with Crippen molar-refractivity contribution in [3.8, 4) is 0 Å². The third-order valence-corrected chi connectivity index (χ3v) is 8.66. The number of carbonyl (C=O) groups is 1. The van der Waals surface area contributed by atoms with Gasteiger partial charge in [0.1, 0.15) is 0 Å². The monoisotopic (exact) mass is 446 g/mol. The second-order valence-corrected chi connectivity index (χ2v) is 10.4. The van der Waals surface area contributed by atoms with Gasteiger partial charge in [0.15, 0.2) is 0 Å². The highest BCUT2D eigenvalue weighted by Gasteiger charge is 2.52. The zero-order valence-electron chi connectivity index (χ0n) is 16.4. The van der Waals surface area contributed by atoms with E-state index in [1.807, 2.05) is 0 Å². The first-order chi connectivity index (χ1) is 14.1. The first kappa shape index (κ1) is 21.6. The van der Waals surface area contributed by atoms with Gasteiger partial charge in [-0.05, 0) is 68.8 Å². The number of rotatable bonds is 4. The number of hydrogen-bond donors (Lipinski definition) is 1. The highest BCUT2D eigenvalue weighted by Crippen LogP contribution is 2.44. The summed E-state index contributed by atoms with van der Waals surface area (Å²) >= 11 is 0. The van der Waals surface area contributed by atoms with Gasteiger partial charge in [-0.3, -0.25) is 9.69 Å². The normalized spacial score (nSPS) is 30.6. The molecule has 4 atom stereocenters. The number of aliphatic carboxylic acids is 1. The molecule has 0 unspecified atom stereocenters. The van der Waals surface area contributed by atoms with Crippen molar-refractivity contribution < 1.29 is 31.5 Å². The highest BCUT2D eigenvalue weighted by molar-refractivity contribution is 7.89. The molecule has 3 fully saturated rings. The molecule has 0 aliphatic carbocycles. The van der Waals surface area contributed by atoms with Crippen LogP contribution in [0, 0.1) is 11.8 Å². The van der Waals surface area contributed by atoms with Gasteiger partial charge in [-0.1, -0.05) is 6.07 Å². The van der Waals surface area contributed by atoms with Crippen molar-refractivity contribution in [2.45, 2.75) is 55.3 Å². The minimum atomic E-state index is -4.66. The van der Waals surface area contributed by atoms with E-state index in [0.717, 1.165) is 57.0 Å². The molecule has 0 spiro atoms. The number of carboxylic acid groups (broad SMARTS) is 1. The molecule has 4 rings (SSSR count). The maximum Gasteiger partial charge on any atom is 0.416 e. The lowest BCUT2D eigenvalue weighted by molar-refractivity contribution is -0.140. The van der Waals surface area contributed by atoms with Gasteiger partial charge in [0.2, 0.25) is 10.0 Å². The molecule has 0 aromatic heterocycles. The first-order valence-electron chi connectivity index (χ1n) is 10.2.